The first kappa shape index (κ1) is 11.9. The van der Waals surface area contributed by atoms with E-state index >= 15 is 0 Å². The Hall–Kier alpha value is -2.14. The molecule has 3 rings (SSSR count). The lowest BCUT2D eigenvalue weighted by molar-refractivity contribution is 0.416. The van der Waals surface area contributed by atoms with Crippen LogP contribution in [0.3, 0.4) is 0 Å². The molecule has 2 aromatic rings. The van der Waals surface area contributed by atoms with Crippen LogP contribution in [0.25, 0.3) is 11.4 Å². The Balaban J connectivity index is 2.16. The molecule has 1 aromatic carbocycles. The monoisotopic (exact) mass is 257 g/mol. The summed E-state index contributed by atoms with van der Waals surface area (Å²) in [6.07, 6.45) is 0.779. The van der Waals surface area contributed by atoms with E-state index in [0.717, 1.165) is 29.8 Å². The maximum Gasteiger partial charge on any atom is 0.255 e. The van der Waals surface area contributed by atoms with E-state index < -0.39 is 0 Å². The van der Waals surface area contributed by atoms with E-state index in [4.69, 9.17) is 4.74 Å². The predicted molar refractivity (Wildman–Crippen MR) is 72.3 cm³/mol. The molecule has 0 fully saturated rings. The summed E-state index contributed by atoms with van der Waals surface area (Å²) < 4.78 is 5.31. The second kappa shape index (κ2) is 4.85. The van der Waals surface area contributed by atoms with Crippen LogP contribution >= 0.6 is 0 Å². The van der Waals surface area contributed by atoms with Gasteiger partial charge in [0, 0.05) is 19.5 Å². The molecule has 0 atom stereocenters. The van der Waals surface area contributed by atoms with Crippen molar-refractivity contribution >= 4 is 0 Å². The number of nitrogens with one attached hydrogen (secondary N) is 2. The Bertz CT molecular complexity index is 664. The number of H-pyrrole nitrogens is 1. The fraction of sp³-hybridized carbons (Fsp3) is 0.286. The normalized spacial score (nSPS) is 13.9. The van der Waals surface area contributed by atoms with Crippen LogP contribution in [0.15, 0.2) is 29.1 Å². The van der Waals surface area contributed by atoms with Gasteiger partial charge in [0.25, 0.3) is 5.56 Å². The molecule has 5 nitrogen and oxygen atoms in total. The Morgan fingerprint density at radius 2 is 2.16 bits per heavy atom. The minimum absolute atomic E-state index is 0.0712. The maximum absolute atomic E-state index is 12.1. The third-order valence-electron chi connectivity index (χ3n) is 3.30. The molecule has 2 N–H and O–H groups in total. The summed E-state index contributed by atoms with van der Waals surface area (Å²) in [5, 5.41) is 3.18. The number of hydrogen-bond donors (Lipinski definition) is 2. The molecule has 98 valence electrons. The van der Waals surface area contributed by atoms with Crippen LogP contribution in [-0.2, 0) is 13.0 Å². The lowest BCUT2D eigenvalue weighted by Crippen LogP contribution is -2.31. The average Bonchev–Trinajstić information content (AvgIpc) is 2.47. The van der Waals surface area contributed by atoms with Gasteiger partial charge in [-0.25, -0.2) is 4.98 Å². The molecule has 0 radical (unpaired) electrons. The molecule has 1 aromatic heterocycles. The van der Waals surface area contributed by atoms with Crippen LogP contribution < -0.4 is 15.6 Å². The van der Waals surface area contributed by atoms with Crippen LogP contribution in [0.2, 0.25) is 0 Å². The zero-order valence-electron chi connectivity index (χ0n) is 10.7. The van der Waals surface area contributed by atoms with E-state index in [1.54, 1.807) is 7.11 Å². The standard InChI is InChI=1S/C14H15N3O2/c1-19-12-5-3-2-4-9(12)13-16-11-6-7-15-8-10(11)14(18)17-13/h2-5,15H,6-8H2,1H3,(H,16,17,18). The summed E-state index contributed by atoms with van der Waals surface area (Å²) in [6, 6.07) is 7.54. The first-order valence-corrected chi connectivity index (χ1v) is 6.26. The Morgan fingerprint density at radius 1 is 1.32 bits per heavy atom. The summed E-state index contributed by atoms with van der Waals surface area (Å²) in [5.41, 5.74) is 2.36. The molecule has 0 unspecified atom stereocenters. The Kier molecular flexibility index (Phi) is 3.05. The number of rotatable bonds is 2. The van der Waals surface area contributed by atoms with Crippen LogP contribution in [0.5, 0.6) is 5.75 Å². The van der Waals surface area contributed by atoms with Gasteiger partial charge < -0.3 is 15.0 Å². The van der Waals surface area contributed by atoms with Gasteiger partial charge in [0.05, 0.1) is 23.9 Å². The van der Waals surface area contributed by atoms with Crippen molar-refractivity contribution in [1.82, 2.24) is 15.3 Å². The van der Waals surface area contributed by atoms with Crippen molar-refractivity contribution in [2.24, 2.45) is 0 Å². The maximum atomic E-state index is 12.1. The molecule has 0 aliphatic carbocycles. The third kappa shape index (κ3) is 2.13. The molecule has 19 heavy (non-hydrogen) atoms. The lowest BCUT2D eigenvalue weighted by atomic mass is 10.1. The molecule has 0 amide bonds. The predicted octanol–water partition coefficient (Wildman–Crippen LogP) is 1.09. The average molecular weight is 257 g/mol. The number of hydrogen-bond acceptors (Lipinski definition) is 4. The van der Waals surface area contributed by atoms with Crippen molar-refractivity contribution in [3.63, 3.8) is 0 Å². The Morgan fingerprint density at radius 3 is 3.00 bits per heavy atom. The zero-order valence-corrected chi connectivity index (χ0v) is 10.7. The quantitative estimate of drug-likeness (QED) is 0.845. The number of para-hydroxylation sites is 1. The van der Waals surface area contributed by atoms with Crippen molar-refractivity contribution in [2.45, 2.75) is 13.0 Å². The van der Waals surface area contributed by atoms with Gasteiger partial charge in [-0.2, -0.15) is 0 Å². The van der Waals surface area contributed by atoms with Crippen molar-refractivity contribution < 1.29 is 4.74 Å². The zero-order chi connectivity index (χ0) is 13.2. The van der Waals surface area contributed by atoms with Crippen LogP contribution in [0.1, 0.15) is 11.3 Å². The lowest BCUT2D eigenvalue weighted by Gasteiger charge is -2.16. The van der Waals surface area contributed by atoms with Gasteiger partial charge in [0.1, 0.15) is 11.6 Å². The van der Waals surface area contributed by atoms with Crippen LogP contribution in [0.4, 0.5) is 0 Å². The van der Waals surface area contributed by atoms with Gasteiger partial charge in [0.2, 0.25) is 0 Å². The first-order valence-electron chi connectivity index (χ1n) is 6.26. The topological polar surface area (TPSA) is 67.0 Å². The fourth-order valence-electron chi connectivity index (χ4n) is 2.32. The van der Waals surface area contributed by atoms with Gasteiger partial charge in [0.15, 0.2) is 0 Å². The van der Waals surface area contributed by atoms with Crippen molar-refractivity contribution in [3.8, 4) is 17.1 Å². The highest BCUT2D eigenvalue weighted by molar-refractivity contribution is 5.64. The number of nitrogens with zero attached hydrogens (tertiary/aromatic N) is 1. The number of aromatic amines is 1. The van der Waals surface area contributed by atoms with Gasteiger partial charge in [-0.15, -0.1) is 0 Å². The van der Waals surface area contributed by atoms with E-state index in [0.29, 0.717) is 18.1 Å². The van der Waals surface area contributed by atoms with E-state index in [1.807, 2.05) is 24.3 Å². The molecule has 2 heterocycles. The SMILES string of the molecule is COc1ccccc1-c1nc2c(c(=O)[nH]1)CNCC2. The van der Waals surface area contributed by atoms with Gasteiger partial charge >= 0.3 is 0 Å². The van der Waals surface area contributed by atoms with Crippen LogP contribution in [-0.4, -0.2) is 23.6 Å². The third-order valence-corrected chi connectivity index (χ3v) is 3.30. The number of methoxy groups -OCH3 is 1. The molecule has 1 aliphatic heterocycles. The summed E-state index contributed by atoms with van der Waals surface area (Å²) >= 11 is 0. The summed E-state index contributed by atoms with van der Waals surface area (Å²) in [4.78, 5) is 19.5. The number of ether oxygens (including phenoxy) is 1. The molecule has 0 spiro atoms. The Labute approximate surface area is 110 Å². The highest BCUT2D eigenvalue weighted by Gasteiger charge is 2.17. The molecule has 1 aliphatic rings. The number of fused-ring (bicyclic) bond motifs is 1. The second-order valence-corrected chi connectivity index (χ2v) is 4.47. The van der Waals surface area contributed by atoms with Crippen molar-refractivity contribution in [3.05, 3.63) is 45.9 Å². The largest absolute Gasteiger partial charge is 0.496 e. The van der Waals surface area contributed by atoms with Crippen molar-refractivity contribution in [1.29, 1.82) is 0 Å². The molecule has 0 saturated heterocycles. The number of aromatic nitrogens is 2. The summed E-state index contributed by atoms with van der Waals surface area (Å²) in [5.74, 6) is 1.28. The van der Waals surface area contributed by atoms with Gasteiger partial charge in [-0.3, -0.25) is 4.79 Å². The second-order valence-electron chi connectivity index (χ2n) is 4.47. The van der Waals surface area contributed by atoms with E-state index in [2.05, 4.69) is 15.3 Å². The molecule has 0 bridgehead atoms. The highest BCUT2D eigenvalue weighted by atomic mass is 16.5. The summed E-state index contributed by atoms with van der Waals surface area (Å²) in [6.45, 7) is 1.44. The fourth-order valence-corrected chi connectivity index (χ4v) is 2.32. The highest BCUT2D eigenvalue weighted by Crippen LogP contribution is 2.26. The van der Waals surface area contributed by atoms with Gasteiger partial charge in [-0.05, 0) is 12.1 Å². The molecule has 5 heteroatoms. The number of benzene rings is 1. The first-order chi connectivity index (χ1) is 9.29. The van der Waals surface area contributed by atoms with E-state index in [1.165, 1.54) is 0 Å². The minimum atomic E-state index is -0.0712. The van der Waals surface area contributed by atoms with Crippen LogP contribution in [0, 0.1) is 0 Å². The van der Waals surface area contributed by atoms with Crippen molar-refractivity contribution in [2.75, 3.05) is 13.7 Å². The molecular weight excluding hydrogens is 242 g/mol. The van der Waals surface area contributed by atoms with E-state index in [9.17, 15) is 4.79 Å². The van der Waals surface area contributed by atoms with E-state index in [-0.39, 0.29) is 5.56 Å². The minimum Gasteiger partial charge on any atom is -0.496 e. The summed E-state index contributed by atoms with van der Waals surface area (Å²) in [7, 11) is 1.61. The molecule has 0 saturated carbocycles. The smallest absolute Gasteiger partial charge is 0.255 e. The van der Waals surface area contributed by atoms with Gasteiger partial charge in [-0.1, -0.05) is 12.1 Å². The molecular formula is C14H15N3O2.